The lowest BCUT2D eigenvalue weighted by Crippen LogP contribution is -2.35. The number of hydrogen-bond acceptors (Lipinski definition) is 6. The predicted molar refractivity (Wildman–Crippen MR) is 91.5 cm³/mol. The summed E-state index contributed by atoms with van der Waals surface area (Å²) >= 11 is 0. The molecule has 0 saturated heterocycles. The van der Waals surface area contributed by atoms with Crippen molar-refractivity contribution in [3.63, 3.8) is 0 Å². The van der Waals surface area contributed by atoms with Gasteiger partial charge in [-0.3, -0.25) is 19.8 Å². The summed E-state index contributed by atoms with van der Waals surface area (Å²) in [6, 6.07) is 4.32. The third kappa shape index (κ3) is 3.53. The summed E-state index contributed by atoms with van der Waals surface area (Å²) in [5, 5.41) is 20.5. The van der Waals surface area contributed by atoms with Gasteiger partial charge in [-0.1, -0.05) is 19.9 Å². The highest BCUT2D eigenvalue weighted by Gasteiger charge is 2.22. The Bertz CT molecular complexity index is 875. The highest BCUT2D eigenvalue weighted by molar-refractivity contribution is 5.47. The van der Waals surface area contributed by atoms with Gasteiger partial charge in [0.05, 0.1) is 16.2 Å². The van der Waals surface area contributed by atoms with Gasteiger partial charge in [-0.15, -0.1) is 0 Å². The Hall–Kier alpha value is -2.74. The lowest BCUT2D eigenvalue weighted by Gasteiger charge is -2.28. The zero-order chi connectivity index (χ0) is 18.1. The van der Waals surface area contributed by atoms with E-state index in [-0.39, 0.29) is 22.9 Å². The highest BCUT2D eigenvalue weighted by atomic mass is 16.6. The van der Waals surface area contributed by atoms with Crippen LogP contribution in [0.5, 0.6) is 5.75 Å². The standard InChI is InChI=1S/C17H20N4O4/c1-10(2)16-18-13-5-6-20(9-12(13)17(23)19-16)8-11-3-4-14(21(24)25)15(22)7-11/h3-4,7,10,22H,5-6,8-9H2,1-2H3,(H,18,19,23). The Morgan fingerprint density at radius 3 is 2.84 bits per heavy atom. The molecule has 8 nitrogen and oxygen atoms in total. The largest absolute Gasteiger partial charge is 0.502 e. The van der Waals surface area contributed by atoms with E-state index in [1.807, 2.05) is 13.8 Å². The van der Waals surface area contributed by atoms with Gasteiger partial charge in [-0.2, -0.15) is 0 Å². The number of rotatable bonds is 4. The number of benzene rings is 1. The molecule has 1 aliphatic rings. The highest BCUT2D eigenvalue weighted by Crippen LogP contribution is 2.27. The topological polar surface area (TPSA) is 112 Å². The maximum atomic E-state index is 12.3. The van der Waals surface area contributed by atoms with Crippen LogP contribution in [0.3, 0.4) is 0 Å². The first kappa shape index (κ1) is 17.1. The van der Waals surface area contributed by atoms with Gasteiger partial charge in [0.2, 0.25) is 0 Å². The van der Waals surface area contributed by atoms with Gasteiger partial charge in [0.15, 0.2) is 5.75 Å². The second kappa shape index (κ2) is 6.64. The number of nitrogens with one attached hydrogen (secondary N) is 1. The van der Waals surface area contributed by atoms with E-state index in [1.54, 1.807) is 6.07 Å². The number of phenols is 1. The molecule has 0 atom stereocenters. The average molecular weight is 344 g/mol. The molecule has 2 N–H and O–H groups in total. The normalized spacial score (nSPS) is 14.5. The lowest BCUT2D eigenvalue weighted by molar-refractivity contribution is -0.385. The molecule has 3 rings (SSSR count). The number of aromatic amines is 1. The number of hydrogen-bond donors (Lipinski definition) is 2. The first-order valence-electron chi connectivity index (χ1n) is 8.15. The van der Waals surface area contributed by atoms with E-state index in [4.69, 9.17) is 0 Å². The molecule has 0 radical (unpaired) electrons. The summed E-state index contributed by atoms with van der Waals surface area (Å²) in [6.45, 7) is 5.67. The Labute approximate surface area is 144 Å². The van der Waals surface area contributed by atoms with E-state index in [0.29, 0.717) is 30.9 Å². The van der Waals surface area contributed by atoms with E-state index in [9.17, 15) is 20.0 Å². The maximum absolute atomic E-state index is 12.3. The van der Waals surface area contributed by atoms with Crippen molar-refractivity contribution in [2.45, 2.75) is 39.3 Å². The number of fused-ring (bicyclic) bond motifs is 1. The fourth-order valence-electron chi connectivity index (χ4n) is 2.99. The van der Waals surface area contributed by atoms with E-state index in [2.05, 4.69) is 14.9 Å². The van der Waals surface area contributed by atoms with Crippen LogP contribution in [0.15, 0.2) is 23.0 Å². The Kier molecular flexibility index (Phi) is 4.54. The van der Waals surface area contributed by atoms with Crippen LogP contribution in [0.4, 0.5) is 5.69 Å². The third-order valence-corrected chi connectivity index (χ3v) is 4.36. The van der Waals surface area contributed by atoms with Crippen molar-refractivity contribution in [3.8, 4) is 5.75 Å². The monoisotopic (exact) mass is 344 g/mol. The van der Waals surface area contributed by atoms with Crippen LogP contribution in [0, 0.1) is 10.1 Å². The Morgan fingerprint density at radius 2 is 2.20 bits per heavy atom. The van der Waals surface area contributed by atoms with E-state index in [1.165, 1.54) is 12.1 Å². The number of phenolic OH excluding ortho intramolecular Hbond substituents is 1. The van der Waals surface area contributed by atoms with Crippen LogP contribution >= 0.6 is 0 Å². The minimum absolute atomic E-state index is 0.107. The van der Waals surface area contributed by atoms with Crippen LogP contribution in [0.25, 0.3) is 0 Å². The predicted octanol–water partition coefficient (Wildman–Crippen LogP) is 2.07. The van der Waals surface area contributed by atoms with Gasteiger partial charge < -0.3 is 10.1 Å². The summed E-state index contributed by atoms with van der Waals surface area (Å²) in [4.78, 5) is 31.9. The molecule has 25 heavy (non-hydrogen) atoms. The summed E-state index contributed by atoms with van der Waals surface area (Å²) in [5.41, 5.74) is 1.85. The smallest absolute Gasteiger partial charge is 0.310 e. The maximum Gasteiger partial charge on any atom is 0.310 e. The molecule has 1 aliphatic heterocycles. The van der Waals surface area contributed by atoms with Crippen molar-refractivity contribution in [1.29, 1.82) is 0 Å². The molecule has 0 fully saturated rings. The summed E-state index contributed by atoms with van der Waals surface area (Å²) in [6.07, 6.45) is 0.679. The summed E-state index contributed by atoms with van der Waals surface area (Å²) < 4.78 is 0. The molecule has 0 amide bonds. The van der Waals surface area contributed by atoms with Crippen molar-refractivity contribution in [1.82, 2.24) is 14.9 Å². The van der Waals surface area contributed by atoms with Crippen molar-refractivity contribution in [2.75, 3.05) is 6.54 Å². The van der Waals surface area contributed by atoms with Gasteiger partial charge >= 0.3 is 5.69 Å². The summed E-state index contributed by atoms with van der Waals surface area (Å²) in [7, 11) is 0. The van der Waals surface area contributed by atoms with E-state index in [0.717, 1.165) is 17.8 Å². The number of nitro groups is 1. The van der Waals surface area contributed by atoms with E-state index < -0.39 is 4.92 Å². The fraction of sp³-hybridized carbons (Fsp3) is 0.412. The quantitative estimate of drug-likeness (QED) is 0.648. The number of aromatic nitrogens is 2. The zero-order valence-electron chi connectivity index (χ0n) is 14.2. The molecule has 0 saturated carbocycles. The van der Waals surface area contributed by atoms with Crippen LogP contribution in [-0.2, 0) is 19.5 Å². The van der Waals surface area contributed by atoms with E-state index >= 15 is 0 Å². The van der Waals surface area contributed by atoms with Gasteiger partial charge in [-0.25, -0.2) is 4.98 Å². The van der Waals surface area contributed by atoms with Crippen LogP contribution in [0.1, 0.15) is 42.4 Å². The number of nitrogens with zero attached hydrogens (tertiary/aromatic N) is 3. The SMILES string of the molecule is CC(C)c1nc2c(c(=O)[nH]1)CN(Cc1ccc([N+](=O)[O-])c(O)c1)CC2. The minimum atomic E-state index is -0.617. The molecule has 2 aromatic rings. The van der Waals surface area contributed by atoms with Crippen molar-refractivity contribution < 1.29 is 10.0 Å². The molecule has 132 valence electrons. The van der Waals surface area contributed by atoms with Crippen molar-refractivity contribution in [2.24, 2.45) is 0 Å². The lowest BCUT2D eigenvalue weighted by atomic mass is 10.0. The molecule has 1 aromatic carbocycles. The Morgan fingerprint density at radius 1 is 1.44 bits per heavy atom. The second-order valence-electron chi connectivity index (χ2n) is 6.57. The zero-order valence-corrected chi connectivity index (χ0v) is 14.2. The minimum Gasteiger partial charge on any atom is -0.502 e. The molecule has 0 aliphatic carbocycles. The number of nitro benzene ring substituents is 1. The molecular formula is C17H20N4O4. The average Bonchev–Trinajstić information content (AvgIpc) is 2.55. The molecule has 2 heterocycles. The van der Waals surface area contributed by atoms with Crippen LogP contribution in [0.2, 0.25) is 0 Å². The Balaban J connectivity index is 1.78. The van der Waals surface area contributed by atoms with Crippen LogP contribution in [-0.4, -0.2) is 31.4 Å². The van der Waals surface area contributed by atoms with Gasteiger partial charge in [0.1, 0.15) is 5.82 Å². The molecule has 1 aromatic heterocycles. The molecule has 0 spiro atoms. The second-order valence-corrected chi connectivity index (χ2v) is 6.57. The van der Waals surface area contributed by atoms with Crippen molar-refractivity contribution >= 4 is 5.69 Å². The summed E-state index contributed by atoms with van der Waals surface area (Å²) in [5.74, 6) is 0.526. The molecule has 8 heteroatoms. The van der Waals surface area contributed by atoms with Gasteiger partial charge in [-0.05, 0) is 11.6 Å². The first-order valence-corrected chi connectivity index (χ1v) is 8.15. The molecule has 0 bridgehead atoms. The molecular weight excluding hydrogens is 324 g/mol. The first-order chi connectivity index (χ1) is 11.8. The van der Waals surface area contributed by atoms with Crippen LogP contribution < -0.4 is 5.56 Å². The van der Waals surface area contributed by atoms with Crippen molar-refractivity contribution in [3.05, 3.63) is 61.3 Å². The fourth-order valence-corrected chi connectivity index (χ4v) is 2.99. The van der Waals surface area contributed by atoms with Gasteiger partial charge in [0.25, 0.3) is 5.56 Å². The number of H-pyrrole nitrogens is 1. The third-order valence-electron chi connectivity index (χ3n) is 4.36. The number of aromatic hydroxyl groups is 1. The molecule has 0 unspecified atom stereocenters. The van der Waals surface area contributed by atoms with Gasteiger partial charge in [0, 0.05) is 38.0 Å².